The average molecular weight is 157 g/mol. The highest BCUT2D eigenvalue weighted by Gasteiger charge is 2.28. The van der Waals surface area contributed by atoms with Gasteiger partial charge >= 0.3 is 0 Å². The van der Waals surface area contributed by atoms with Gasteiger partial charge in [0, 0.05) is 19.1 Å². The highest BCUT2D eigenvalue weighted by molar-refractivity contribution is 4.81. The molecule has 1 saturated heterocycles. The zero-order chi connectivity index (χ0) is 8.43. The van der Waals surface area contributed by atoms with Crippen LogP contribution in [0.2, 0.25) is 0 Å². The summed E-state index contributed by atoms with van der Waals surface area (Å²) in [6.45, 7) is 9.26. The number of nitrogens with zero attached hydrogens (tertiary/aromatic N) is 1. The maximum atomic E-state index is 8.93. The van der Waals surface area contributed by atoms with Gasteiger partial charge in [-0.05, 0) is 18.8 Å². The van der Waals surface area contributed by atoms with E-state index in [0.717, 1.165) is 24.9 Å². The van der Waals surface area contributed by atoms with Gasteiger partial charge in [-0.25, -0.2) is 0 Å². The molecule has 0 amide bonds. The zero-order valence-corrected chi connectivity index (χ0v) is 7.75. The normalized spacial score (nSPS) is 36.0. The maximum Gasteiger partial charge on any atom is 0.0584 e. The van der Waals surface area contributed by atoms with E-state index in [0.29, 0.717) is 12.6 Å². The monoisotopic (exact) mass is 157 g/mol. The first-order valence-corrected chi connectivity index (χ1v) is 4.50. The van der Waals surface area contributed by atoms with Crippen molar-refractivity contribution in [1.82, 2.24) is 4.90 Å². The molecule has 0 radical (unpaired) electrons. The average Bonchev–Trinajstić information content (AvgIpc) is 2.31. The van der Waals surface area contributed by atoms with Crippen molar-refractivity contribution in [2.75, 3.05) is 19.7 Å². The Hall–Kier alpha value is -0.0800. The van der Waals surface area contributed by atoms with Crippen LogP contribution in [0.4, 0.5) is 0 Å². The van der Waals surface area contributed by atoms with Crippen molar-refractivity contribution >= 4 is 0 Å². The molecule has 0 aromatic carbocycles. The number of rotatable bonds is 2. The summed E-state index contributed by atoms with van der Waals surface area (Å²) in [7, 11) is 0. The molecule has 3 atom stereocenters. The second kappa shape index (κ2) is 3.55. The van der Waals surface area contributed by atoms with Crippen molar-refractivity contribution in [3.05, 3.63) is 0 Å². The fourth-order valence-corrected chi connectivity index (χ4v) is 1.65. The first-order valence-electron chi connectivity index (χ1n) is 4.50. The summed E-state index contributed by atoms with van der Waals surface area (Å²) in [6, 6.07) is 0.349. The fourth-order valence-electron chi connectivity index (χ4n) is 1.65. The molecule has 0 spiro atoms. The van der Waals surface area contributed by atoms with Crippen molar-refractivity contribution < 1.29 is 5.11 Å². The van der Waals surface area contributed by atoms with Gasteiger partial charge < -0.3 is 5.11 Å². The van der Waals surface area contributed by atoms with Gasteiger partial charge in [0.15, 0.2) is 0 Å². The summed E-state index contributed by atoms with van der Waals surface area (Å²) in [5.74, 6) is 1.59. The van der Waals surface area contributed by atoms with Crippen LogP contribution in [0.25, 0.3) is 0 Å². The van der Waals surface area contributed by atoms with Crippen LogP contribution in [-0.2, 0) is 0 Å². The molecule has 2 nitrogen and oxygen atoms in total. The predicted molar refractivity (Wildman–Crippen MR) is 46.4 cm³/mol. The largest absolute Gasteiger partial charge is 0.395 e. The number of hydrogen-bond donors (Lipinski definition) is 1. The van der Waals surface area contributed by atoms with E-state index < -0.39 is 0 Å². The van der Waals surface area contributed by atoms with E-state index in [2.05, 4.69) is 25.7 Å². The summed E-state index contributed by atoms with van der Waals surface area (Å²) in [4.78, 5) is 2.37. The van der Waals surface area contributed by atoms with E-state index in [9.17, 15) is 0 Å². The summed E-state index contributed by atoms with van der Waals surface area (Å²) in [6.07, 6.45) is 0. The molecule has 1 heterocycles. The van der Waals surface area contributed by atoms with Gasteiger partial charge in [-0.15, -0.1) is 0 Å². The molecule has 11 heavy (non-hydrogen) atoms. The number of aliphatic hydroxyl groups excluding tert-OH is 1. The standard InChI is InChI=1S/C9H19NO/c1-7-4-10(5-8(7)2)9(3)6-11/h7-9,11H,4-6H2,1-3H3/t7-,8-,9-/m0/s1. The Labute approximate surface area is 69.2 Å². The van der Waals surface area contributed by atoms with Crippen molar-refractivity contribution in [3.63, 3.8) is 0 Å². The lowest BCUT2D eigenvalue weighted by Crippen LogP contribution is -2.33. The van der Waals surface area contributed by atoms with E-state index in [1.807, 2.05) is 0 Å². The summed E-state index contributed by atoms with van der Waals surface area (Å²) in [5, 5.41) is 8.93. The molecule has 0 aromatic rings. The lowest BCUT2D eigenvalue weighted by Gasteiger charge is -2.21. The van der Waals surface area contributed by atoms with Gasteiger partial charge in [0.1, 0.15) is 0 Å². The topological polar surface area (TPSA) is 23.5 Å². The maximum absolute atomic E-state index is 8.93. The molecule has 0 aliphatic carbocycles. The van der Waals surface area contributed by atoms with Gasteiger partial charge in [0.2, 0.25) is 0 Å². The molecule has 66 valence electrons. The molecule has 0 aromatic heterocycles. The molecule has 0 bridgehead atoms. The molecule has 1 fully saturated rings. The quantitative estimate of drug-likeness (QED) is 0.645. The number of hydrogen-bond acceptors (Lipinski definition) is 2. The second-order valence-electron chi connectivity index (χ2n) is 3.94. The minimum atomic E-state index is 0.291. The first kappa shape index (κ1) is 9.01. The summed E-state index contributed by atoms with van der Waals surface area (Å²) >= 11 is 0. The molecule has 1 N–H and O–H groups in total. The zero-order valence-electron chi connectivity index (χ0n) is 7.75. The van der Waals surface area contributed by atoms with Crippen LogP contribution in [0.1, 0.15) is 20.8 Å². The van der Waals surface area contributed by atoms with Crippen molar-refractivity contribution in [1.29, 1.82) is 0 Å². The molecule has 0 unspecified atom stereocenters. The Morgan fingerprint density at radius 2 is 1.82 bits per heavy atom. The lowest BCUT2D eigenvalue weighted by atomic mass is 10.0. The van der Waals surface area contributed by atoms with Gasteiger partial charge in [0.05, 0.1) is 6.61 Å². The molecule has 1 aliphatic heterocycles. The van der Waals surface area contributed by atoms with Crippen LogP contribution in [-0.4, -0.2) is 35.7 Å². The van der Waals surface area contributed by atoms with E-state index in [4.69, 9.17) is 5.11 Å². The minimum Gasteiger partial charge on any atom is -0.395 e. The predicted octanol–water partition coefficient (Wildman–Crippen LogP) is 0.955. The Kier molecular flexibility index (Phi) is 2.90. The third-order valence-electron chi connectivity index (χ3n) is 2.90. The molecule has 1 rings (SSSR count). The van der Waals surface area contributed by atoms with Crippen LogP contribution < -0.4 is 0 Å². The van der Waals surface area contributed by atoms with Crippen LogP contribution >= 0.6 is 0 Å². The van der Waals surface area contributed by atoms with Crippen molar-refractivity contribution in [2.24, 2.45) is 11.8 Å². The molecule has 1 aliphatic rings. The van der Waals surface area contributed by atoms with E-state index in [1.54, 1.807) is 0 Å². The van der Waals surface area contributed by atoms with Gasteiger partial charge in [-0.2, -0.15) is 0 Å². The SMILES string of the molecule is C[C@H]1CN([C@@H](C)CO)C[C@@H]1C. The fraction of sp³-hybridized carbons (Fsp3) is 1.00. The van der Waals surface area contributed by atoms with E-state index >= 15 is 0 Å². The molecule has 0 saturated carbocycles. The Morgan fingerprint density at radius 3 is 2.18 bits per heavy atom. The van der Waals surface area contributed by atoms with E-state index in [1.165, 1.54) is 0 Å². The van der Waals surface area contributed by atoms with Gasteiger partial charge in [0.25, 0.3) is 0 Å². The van der Waals surface area contributed by atoms with Gasteiger partial charge in [-0.3, -0.25) is 4.90 Å². The molecule has 2 heteroatoms. The van der Waals surface area contributed by atoms with Gasteiger partial charge in [-0.1, -0.05) is 13.8 Å². The second-order valence-corrected chi connectivity index (χ2v) is 3.94. The number of aliphatic hydroxyl groups is 1. The molecular weight excluding hydrogens is 138 g/mol. The first-order chi connectivity index (χ1) is 5.15. The summed E-state index contributed by atoms with van der Waals surface area (Å²) < 4.78 is 0. The van der Waals surface area contributed by atoms with E-state index in [-0.39, 0.29) is 0 Å². The third-order valence-corrected chi connectivity index (χ3v) is 2.90. The van der Waals surface area contributed by atoms with Crippen molar-refractivity contribution in [3.8, 4) is 0 Å². The molecular formula is C9H19NO. The Balaban J connectivity index is 2.40. The van der Waals surface area contributed by atoms with Crippen LogP contribution in [0, 0.1) is 11.8 Å². The lowest BCUT2D eigenvalue weighted by molar-refractivity contribution is 0.153. The Morgan fingerprint density at radius 1 is 1.36 bits per heavy atom. The van der Waals surface area contributed by atoms with Crippen LogP contribution in [0.5, 0.6) is 0 Å². The van der Waals surface area contributed by atoms with Crippen LogP contribution in [0.3, 0.4) is 0 Å². The highest BCUT2D eigenvalue weighted by Crippen LogP contribution is 2.23. The number of likely N-dealkylation sites (tertiary alicyclic amines) is 1. The van der Waals surface area contributed by atoms with Crippen molar-refractivity contribution in [2.45, 2.75) is 26.8 Å². The van der Waals surface area contributed by atoms with Crippen LogP contribution in [0.15, 0.2) is 0 Å². The third kappa shape index (κ3) is 1.94. The Bertz CT molecular complexity index is 117. The minimum absolute atomic E-state index is 0.291. The summed E-state index contributed by atoms with van der Waals surface area (Å²) in [5.41, 5.74) is 0. The smallest absolute Gasteiger partial charge is 0.0584 e. The highest BCUT2D eigenvalue weighted by atomic mass is 16.3.